The van der Waals surface area contributed by atoms with Gasteiger partial charge < -0.3 is 5.32 Å². The first-order valence-corrected chi connectivity index (χ1v) is 11.3. The van der Waals surface area contributed by atoms with Gasteiger partial charge in [0.1, 0.15) is 5.82 Å². The molecule has 0 saturated heterocycles. The van der Waals surface area contributed by atoms with E-state index < -0.39 is 0 Å². The average molecular weight is 439 g/mol. The number of nitrogens with zero attached hydrogens (tertiary/aromatic N) is 4. The van der Waals surface area contributed by atoms with Crippen molar-refractivity contribution >= 4 is 23.3 Å². The molecule has 0 radical (unpaired) electrons. The van der Waals surface area contributed by atoms with Gasteiger partial charge in [-0.3, -0.25) is 14.3 Å². The number of aromatic nitrogens is 5. The molecule has 7 nitrogen and oxygen atoms in total. The molecular weight excluding hydrogens is 415 g/mol. The molecule has 9 heteroatoms. The predicted octanol–water partition coefficient (Wildman–Crippen LogP) is 3.72. The third kappa shape index (κ3) is 4.61. The van der Waals surface area contributed by atoms with Gasteiger partial charge >= 0.3 is 0 Å². The summed E-state index contributed by atoms with van der Waals surface area (Å²) in [7, 11) is 0. The molecule has 1 aromatic carbocycles. The summed E-state index contributed by atoms with van der Waals surface area (Å²) in [6.07, 6.45) is 4.82. The minimum atomic E-state index is -0.313. The van der Waals surface area contributed by atoms with E-state index in [2.05, 4.69) is 25.7 Å². The van der Waals surface area contributed by atoms with Crippen molar-refractivity contribution in [1.82, 2.24) is 30.1 Å². The molecule has 0 aliphatic heterocycles. The van der Waals surface area contributed by atoms with E-state index in [0.717, 1.165) is 34.6 Å². The fraction of sp³-hybridized carbons (Fsp3) is 0.273. The first-order chi connectivity index (χ1) is 15.1. The zero-order valence-electron chi connectivity index (χ0n) is 17.3. The first kappa shape index (κ1) is 21.0. The number of thioether (sulfide) groups is 1. The molecule has 0 saturated carbocycles. The quantitative estimate of drug-likeness (QED) is 0.438. The first-order valence-electron chi connectivity index (χ1n) is 9.94. The summed E-state index contributed by atoms with van der Waals surface area (Å²) in [5.41, 5.74) is 3.75. The van der Waals surface area contributed by atoms with Gasteiger partial charge in [-0.15, -0.1) is 10.2 Å². The second-order valence-electron chi connectivity index (χ2n) is 7.25. The van der Waals surface area contributed by atoms with E-state index in [4.69, 9.17) is 0 Å². The number of carbonyl (C=O) groups is 1. The number of amides is 1. The van der Waals surface area contributed by atoms with Crippen LogP contribution in [-0.2, 0) is 11.2 Å². The molecule has 0 spiro atoms. The second-order valence-corrected chi connectivity index (χ2v) is 8.23. The van der Waals surface area contributed by atoms with Gasteiger partial charge in [0.05, 0.1) is 18.2 Å². The Hall–Kier alpha value is -3.20. The predicted molar refractivity (Wildman–Crippen MR) is 119 cm³/mol. The van der Waals surface area contributed by atoms with Crippen molar-refractivity contribution < 1.29 is 9.18 Å². The van der Waals surface area contributed by atoms with Crippen LogP contribution in [0.4, 0.5) is 4.39 Å². The monoisotopic (exact) mass is 438 g/mol. The fourth-order valence-electron chi connectivity index (χ4n) is 3.52. The second kappa shape index (κ2) is 9.30. The number of aryl methyl sites for hydroxylation is 1. The number of fused-ring (bicyclic) bond motifs is 1. The maximum Gasteiger partial charge on any atom is 0.225 e. The van der Waals surface area contributed by atoms with Gasteiger partial charge in [-0.05, 0) is 61.8 Å². The summed E-state index contributed by atoms with van der Waals surface area (Å²) in [5.74, 6) is 1.14. The SMILES string of the molecule is CSCCC(NC(=O)Cc1c(-c2ccc(F)cc2)n[nH]c1C)c1nnc2ccccn12. The largest absolute Gasteiger partial charge is 0.346 e. The highest BCUT2D eigenvalue weighted by Crippen LogP contribution is 2.25. The van der Waals surface area contributed by atoms with E-state index in [1.807, 2.05) is 42.0 Å². The fourth-order valence-corrected chi connectivity index (χ4v) is 3.99. The topological polar surface area (TPSA) is 88.0 Å². The van der Waals surface area contributed by atoms with E-state index in [1.165, 1.54) is 12.1 Å². The van der Waals surface area contributed by atoms with Gasteiger partial charge in [-0.1, -0.05) is 6.07 Å². The van der Waals surface area contributed by atoms with Gasteiger partial charge in [0.2, 0.25) is 5.91 Å². The van der Waals surface area contributed by atoms with E-state index in [0.29, 0.717) is 11.5 Å². The Labute approximate surface area is 183 Å². The molecule has 0 aliphatic carbocycles. The summed E-state index contributed by atoms with van der Waals surface area (Å²) >= 11 is 1.71. The zero-order valence-corrected chi connectivity index (χ0v) is 18.1. The molecule has 2 N–H and O–H groups in total. The zero-order chi connectivity index (χ0) is 21.8. The number of benzene rings is 1. The lowest BCUT2D eigenvalue weighted by molar-refractivity contribution is -0.121. The van der Waals surface area contributed by atoms with E-state index >= 15 is 0 Å². The molecule has 3 heterocycles. The average Bonchev–Trinajstić information content (AvgIpc) is 3.36. The molecule has 1 atom stereocenters. The number of carbonyl (C=O) groups excluding carboxylic acids is 1. The van der Waals surface area contributed by atoms with E-state index in [-0.39, 0.29) is 24.2 Å². The molecular formula is C22H23FN6OS. The van der Waals surface area contributed by atoms with E-state index in [9.17, 15) is 9.18 Å². The summed E-state index contributed by atoms with van der Waals surface area (Å²) in [6.45, 7) is 1.87. The maximum atomic E-state index is 13.3. The van der Waals surface area contributed by atoms with Crippen LogP contribution in [0.5, 0.6) is 0 Å². The normalized spacial score (nSPS) is 12.2. The Morgan fingerprint density at radius 2 is 2.03 bits per heavy atom. The van der Waals surface area contributed by atoms with Crippen LogP contribution >= 0.6 is 11.8 Å². The van der Waals surface area contributed by atoms with Crippen molar-refractivity contribution in [2.24, 2.45) is 0 Å². The van der Waals surface area contributed by atoms with Crippen LogP contribution in [0.3, 0.4) is 0 Å². The number of hydrogen-bond donors (Lipinski definition) is 2. The lowest BCUT2D eigenvalue weighted by Crippen LogP contribution is -2.31. The molecule has 160 valence electrons. The highest BCUT2D eigenvalue weighted by Gasteiger charge is 2.22. The van der Waals surface area contributed by atoms with Crippen LogP contribution in [0.25, 0.3) is 16.9 Å². The van der Waals surface area contributed by atoms with Crippen LogP contribution < -0.4 is 5.32 Å². The van der Waals surface area contributed by atoms with Crippen molar-refractivity contribution in [3.63, 3.8) is 0 Å². The van der Waals surface area contributed by atoms with Gasteiger partial charge in [0.25, 0.3) is 0 Å². The van der Waals surface area contributed by atoms with Gasteiger partial charge in [0, 0.05) is 23.0 Å². The van der Waals surface area contributed by atoms with Crippen molar-refractivity contribution in [3.8, 4) is 11.3 Å². The molecule has 1 amide bonds. The summed E-state index contributed by atoms with van der Waals surface area (Å²) < 4.78 is 15.2. The molecule has 4 rings (SSSR count). The Bertz CT molecular complexity index is 1190. The van der Waals surface area contributed by atoms with Crippen LogP contribution in [-0.4, -0.2) is 42.7 Å². The van der Waals surface area contributed by atoms with Crippen molar-refractivity contribution in [2.75, 3.05) is 12.0 Å². The molecule has 31 heavy (non-hydrogen) atoms. The molecule has 3 aromatic heterocycles. The van der Waals surface area contributed by atoms with Gasteiger partial charge in [-0.25, -0.2) is 4.39 Å². The van der Waals surface area contributed by atoms with Crippen LogP contribution in [0.1, 0.15) is 29.5 Å². The molecule has 1 unspecified atom stereocenters. The van der Waals surface area contributed by atoms with Gasteiger partial charge in [0.15, 0.2) is 11.5 Å². The number of H-pyrrole nitrogens is 1. The number of halogens is 1. The standard InChI is InChI=1S/C22H23FN6OS/c1-14-17(21(27-25-14)15-6-8-16(23)9-7-15)13-20(30)24-18(10-12-31-2)22-28-26-19-5-3-4-11-29(19)22/h3-9,11,18H,10,12-13H2,1-2H3,(H,24,30)(H,25,27). The lowest BCUT2D eigenvalue weighted by Gasteiger charge is -2.17. The van der Waals surface area contributed by atoms with Crippen LogP contribution in [0, 0.1) is 12.7 Å². The summed E-state index contributed by atoms with van der Waals surface area (Å²) in [6, 6.07) is 11.5. The highest BCUT2D eigenvalue weighted by molar-refractivity contribution is 7.98. The number of aromatic amines is 1. The van der Waals surface area contributed by atoms with Crippen molar-refractivity contribution in [2.45, 2.75) is 25.8 Å². The van der Waals surface area contributed by atoms with Crippen LogP contribution in [0.15, 0.2) is 48.7 Å². The third-order valence-electron chi connectivity index (χ3n) is 5.13. The van der Waals surface area contributed by atoms with Crippen molar-refractivity contribution in [1.29, 1.82) is 0 Å². The number of hydrogen-bond acceptors (Lipinski definition) is 5. The third-order valence-corrected chi connectivity index (χ3v) is 5.77. The Kier molecular flexibility index (Phi) is 6.31. The lowest BCUT2D eigenvalue weighted by atomic mass is 10.0. The molecule has 0 fully saturated rings. The molecule has 4 aromatic rings. The smallest absolute Gasteiger partial charge is 0.225 e. The minimum absolute atomic E-state index is 0.133. The van der Waals surface area contributed by atoms with Gasteiger partial charge in [-0.2, -0.15) is 16.9 Å². The summed E-state index contributed by atoms with van der Waals surface area (Å²) in [5, 5.41) is 18.9. The summed E-state index contributed by atoms with van der Waals surface area (Å²) in [4.78, 5) is 13.0. The molecule has 0 bridgehead atoms. The maximum absolute atomic E-state index is 13.3. The van der Waals surface area contributed by atoms with Crippen molar-refractivity contribution in [3.05, 3.63) is 71.6 Å². The Morgan fingerprint density at radius 1 is 1.23 bits per heavy atom. The van der Waals surface area contributed by atoms with Crippen LogP contribution in [0.2, 0.25) is 0 Å². The number of pyridine rings is 1. The Morgan fingerprint density at radius 3 is 2.81 bits per heavy atom. The van der Waals surface area contributed by atoms with E-state index in [1.54, 1.807) is 23.9 Å². The highest BCUT2D eigenvalue weighted by atomic mass is 32.2. The number of nitrogens with one attached hydrogen (secondary N) is 2. The molecule has 0 aliphatic rings. The minimum Gasteiger partial charge on any atom is -0.346 e. The number of rotatable bonds is 8. The Balaban J connectivity index is 1.56.